The van der Waals surface area contributed by atoms with E-state index in [1.54, 1.807) is 7.05 Å². The van der Waals surface area contributed by atoms with Gasteiger partial charge in [-0.3, -0.25) is 4.99 Å². The molecule has 1 fully saturated rings. The van der Waals surface area contributed by atoms with Crippen molar-refractivity contribution in [3.63, 3.8) is 0 Å². The number of nitrogens with one attached hydrogen (secondary N) is 2. The molecule has 23 heavy (non-hydrogen) atoms. The first-order chi connectivity index (χ1) is 10.8. The SMILES string of the molecule is CN=C(NCCCOC1CCOC1)NCc1ccccc1Cl.I. The van der Waals surface area contributed by atoms with E-state index < -0.39 is 0 Å². The van der Waals surface area contributed by atoms with E-state index in [0.29, 0.717) is 6.54 Å². The molecule has 0 amide bonds. The number of aliphatic imine (C=N–C) groups is 1. The van der Waals surface area contributed by atoms with E-state index in [2.05, 4.69) is 15.6 Å². The molecule has 0 bridgehead atoms. The summed E-state index contributed by atoms with van der Waals surface area (Å²) >= 11 is 6.13. The summed E-state index contributed by atoms with van der Waals surface area (Å²) in [5, 5.41) is 7.28. The Balaban J connectivity index is 0.00000264. The summed E-state index contributed by atoms with van der Waals surface area (Å²) in [6.45, 7) is 3.75. The molecule has 1 aromatic rings. The molecule has 130 valence electrons. The summed E-state index contributed by atoms with van der Waals surface area (Å²) in [7, 11) is 1.76. The van der Waals surface area contributed by atoms with Crippen LogP contribution in [-0.2, 0) is 16.0 Å². The number of nitrogens with zero attached hydrogens (tertiary/aromatic N) is 1. The number of hydrogen-bond donors (Lipinski definition) is 2. The average molecular weight is 454 g/mol. The molecule has 0 aliphatic carbocycles. The van der Waals surface area contributed by atoms with E-state index >= 15 is 0 Å². The Kier molecular flexibility index (Phi) is 10.6. The number of halogens is 2. The molecular weight excluding hydrogens is 429 g/mol. The highest BCUT2D eigenvalue weighted by molar-refractivity contribution is 14.0. The van der Waals surface area contributed by atoms with E-state index in [9.17, 15) is 0 Å². The van der Waals surface area contributed by atoms with Crippen LogP contribution in [0.25, 0.3) is 0 Å². The Labute approximate surface area is 160 Å². The number of rotatable bonds is 7. The lowest BCUT2D eigenvalue weighted by atomic mass is 10.2. The third-order valence-corrected chi connectivity index (χ3v) is 3.85. The van der Waals surface area contributed by atoms with Gasteiger partial charge in [-0.25, -0.2) is 0 Å². The summed E-state index contributed by atoms with van der Waals surface area (Å²) in [5.41, 5.74) is 1.05. The zero-order valence-electron chi connectivity index (χ0n) is 13.4. The van der Waals surface area contributed by atoms with Gasteiger partial charge < -0.3 is 20.1 Å². The lowest BCUT2D eigenvalue weighted by molar-refractivity contribution is 0.0420. The van der Waals surface area contributed by atoms with E-state index in [0.717, 1.165) is 55.8 Å². The van der Waals surface area contributed by atoms with Crippen LogP contribution in [0.3, 0.4) is 0 Å². The third-order valence-electron chi connectivity index (χ3n) is 3.48. The first kappa shape index (κ1) is 20.5. The quantitative estimate of drug-likeness (QED) is 0.288. The van der Waals surface area contributed by atoms with Crippen LogP contribution in [0.15, 0.2) is 29.3 Å². The van der Waals surface area contributed by atoms with Crippen LogP contribution >= 0.6 is 35.6 Å². The second-order valence-corrected chi connectivity index (χ2v) is 5.56. The predicted molar refractivity (Wildman–Crippen MR) is 105 cm³/mol. The lowest BCUT2D eigenvalue weighted by Crippen LogP contribution is -2.37. The molecule has 1 saturated heterocycles. The highest BCUT2D eigenvalue weighted by Gasteiger charge is 2.15. The average Bonchev–Trinajstić information content (AvgIpc) is 3.05. The first-order valence-corrected chi connectivity index (χ1v) is 8.04. The van der Waals surface area contributed by atoms with Gasteiger partial charge in [0.2, 0.25) is 0 Å². The molecule has 1 aliphatic rings. The molecule has 2 rings (SSSR count). The maximum atomic E-state index is 6.13. The molecule has 1 unspecified atom stereocenters. The minimum absolute atomic E-state index is 0. The topological polar surface area (TPSA) is 54.9 Å². The second-order valence-electron chi connectivity index (χ2n) is 5.15. The molecule has 0 radical (unpaired) electrons. The van der Waals surface area contributed by atoms with E-state index in [1.807, 2.05) is 24.3 Å². The summed E-state index contributed by atoms with van der Waals surface area (Å²) in [6.07, 6.45) is 2.22. The first-order valence-electron chi connectivity index (χ1n) is 7.67. The molecule has 1 aliphatic heterocycles. The molecular formula is C16H25ClIN3O2. The fourth-order valence-corrected chi connectivity index (χ4v) is 2.42. The van der Waals surface area contributed by atoms with Crippen molar-refractivity contribution in [3.05, 3.63) is 34.9 Å². The number of guanidine groups is 1. The smallest absolute Gasteiger partial charge is 0.191 e. The van der Waals surface area contributed by atoms with Crippen molar-refractivity contribution in [2.75, 3.05) is 33.4 Å². The van der Waals surface area contributed by atoms with Crippen LogP contribution < -0.4 is 10.6 Å². The van der Waals surface area contributed by atoms with Crippen molar-refractivity contribution < 1.29 is 9.47 Å². The van der Waals surface area contributed by atoms with Crippen molar-refractivity contribution in [2.45, 2.75) is 25.5 Å². The Bertz CT molecular complexity index is 482. The number of hydrogen-bond acceptors (Lipinski definition) is 3. The molecule has 5 nitrogen and oxygen atoms in total. The van der Waals surface area contributed by atoms with E-state index in [1.165, 1.54) is 0 Å². The fourth-order valence-electron chi connectivity index (χ4n) is 2.21. The Hall–Kier alpha value is -0.570. The van der Waals surface area contributed by atoms with Crippen LogP contribution in [0.2, 0.25) is 5.02 Å². The van der Waals surface area contributed by atoms with Crippen molar-refractivity contribution in [3.8, 4) is 0 Å². The molecule has 1 heterocycles. The minimum atomic E-state index is 0. The maximum Gasteiger partial charge on any atom is 0.191 e. The predicted octanol–water partition coefficient (Wildman–Crippen LogP) is 2.82. The minimum Gasteiger partial charge on any atom is -0.379 e. The molecule has 0 aromatic heterocycles. The zero-order chi connectivity index (χ0) is 15.6. The third kappa shape index (κ3) is 7.69. The van der Waals surface area contributed by atoms with Gasteiger partial charge in [0.1, 0.15) is 0 Å². The van der Waals surface area contributed by atoms with Crippen LogP contribution in [0.5, 0.6) is 0 Å². The maximum absolute atomic E-state index is 6.13. The normalized spacial score (nSPS) is 17.7. The summed E-state index contributed by atoms with van der Waals surface area (Å²) < 4.78 is 11.0. The van der Waals surface area contributed by atoms with Crippen LogP contribution in [0, 0.1) is 0 Å². The van der Waals surface area contributed by atoms with Gasteiger partial charge in [0.25, 0.3) is 0 Å². The summed E-state index contributed by atoms with van der Waals surface area (Å²) in [5.74, 6) is 0.768. The number of ether oxygens (including phenoxy) is 2. The molecule has 0 saturated carbocycles. The zero-order valence-corrected chi connectivity index (χ0v) is 16.5. The summed E-state index contributed by atoms with van der Waals surface area (Å²) in [6, 6.07) is 7.79. The Morgan fingerprint density at radius 1 is 1.39 bits per heavy atom. The number of benzene rings is 1. The van der Waals surface area contributed by atoms with Gasteiger partial charge in [0, 0.05) is 38.4 Å². The monoisotopic (exact) mass is 453 g/mol. The Morgan fingerprint density at radius 2 is 2.22 bits per heavy atom. The molecule has 7 heteroatoms. The van der Waals surface area contributed by atoms with Crippen LogP contribution in [-0.4, -0.2) is 45.5 Å². The van der Waals surface area contributed by atoms with Crippen molar-refractivity contribution >= 4 is 41.5 Å². The van der Waals surface area contributed by atoms with Crippen molar-refractivity contribution in [1.29, 1.82) is 0 Å². The van der Waals surface area contributed by atoms with E-state index in [4.69, 9.17) is 21.1 Å². The van der Waals surface area contributed by atoms with Gasteiger partial charge in [0.15, 0.2) is 5.96 Å². The highest BCUT2D eigenvalue weighted by atomic mass is 127. The Morgan fingerprint density at radius 3 is 2.91 bits per heavy atom. The molecule has 1 aromatic carbocycles. The van der Waals surface area contributed by atoms with Gasteiger partial charge in [0.05, 0.1) is 12.7 Å². The highest BCUT2D eigenvalue weighted by Crippen LogP contribution is 2.14. The van der Waals surface area contributed by atoms with Crippen molar-refractivity contribution in [1.82, 2.24) is 10.6 Å². The van der Waals surface area contributed by atoms with Crippen LogP contribution in [0.1, 0.15) is 18.4 Å². The lowest BCUT2D eigenvalue weighted by Gasteiger charge is -2.13. The molecule has 1 atom stereocenters. The fraction of sp³-hybridized carbons (Fsp3) is 0.562. The van der Waals surface area contributed by atoms with Gasteiger partial charge in [-0.05, 0) is 24.5 Å². The van der Waals surface area contributed by atoms with Gasteiger partial charge in [-0.2, -0.15) is 0 Å². The van der Waals surface area contributed by atoms with Gasteiger partial charge in [-0.1, -0.05) is 29.8 Å². The van der Waals surface area contributed by atoms with Crippen LogP contribution in [0.4, 0.5) is 0 Å². The standard InChI is InChI=1S/C16H24ClN3O2.HI/c1-18-16(20-11-13-5-2-3-6-15(13)17)19-8-4-9-22-14-7-10-21-12-14;/h2-3,5-6,14H,4,7-12H2,1H3,(H2,18,19,20);1H. The van der Waals surface area contributed by atoms with E-state index in [-0.39, 0.29) is 30.1 Å². The van der Waals surface area contributed by atoms with Gasteiger partial charge in [-0.15, -0.1) is 24.0 Å². The summed E-state index contributed by atoms with van der Waals surface area (Å²) in [4.78, 5) is 4.20. The molecule has 0 spiro atoms. The van der Waals surface area contributed by atoms with Gasteiger partial charge >= 0.3 is 0 Å². The second kappa shape index (κ2) is 11.9. The molecule has 2 N–H and O–H groups in total. The van der Waals surface area contributed by atoms with Crippen molar-refractivity contribution in [2.24, 2.45) is 4.99 Å². The largest absolute Gasteiger partial charge is 0.379 e.